The van der Waals surface area contributed by atoms with E-state index in [4.69, 9.17) is 9.84 Å². The van der Waals surface area contributed by atoms with Gasteiger partial charge in [0.2, 0.25) is 0 Å². The van der Waals surface area contributed by atoms with Crippen molar-refractivity contribution in [2.75, 3.05) is 13.1 Å². The van der Waals surface area contributed by atoms with Gasteiger partial charge in [-0.15, -0.1) is 0 Å². The van der Waals surface area contributed by atoms with Gasteiger partial charge in [0.05, 0.1) is 5.52 Å². The molecular weight excluding hydrogens is 428 g/mol. The minimum absolute atomic E-state index is 0.000549. The molecule has 0 bridgehead atoms. The Morgan fingerprint density at radius 1 is 1.12 bits per heavy atom. The monoisotopic (exact) mass is 460 g/mol. The Morgan fingerprint density at radius 3 is 2.68 bits per heavy atom. The van der Waals surface area contributed by atoms with E-state index in [9.17, 15) is 9.59 Å². The van der Waals surface area contributed by atoms with E-state index in [2.05, 4.69) is 43.1 Å². The summed E-state index contributed by atoms with van der Waals surface area (Å²) in [6, 6.07) is 16.2. The molecule has 1 unspecified atom stereocenters. The van der Waals surface area contributed by atoms with Gasteiger partial charge in [0.1, 0.15) is 5.75 Å². The van der Waals surface area contributed by atoms with E-state index in [1.54, 1.807) is 11.8 Å². The van der Waals surface area contributed by atoms with Crippen LogP contribution in [0.2, 0.25) is 0 Å². The van der Waals surface area contributed by atoms with Crippen LogP contribution in [0.25, 0.3) is 22.0 Å². The van der Waals surface area contributed by atoms with Gasteiger partial charge in [0.15, 0.2) is 6.10 Å². The van der Waals surface area contributed by atoms with Gasteiger partial charge in [-0.3, -0.25) is 14.6 Å². The number of piperidine rings is 1. The number of fused-ring (bicyclic) bond motifs is 1. The second-order valence-electron chi connectivity index (χ2n) is 9.43. The van der Waals surface area contributed by atoms with E-state index in [1.807, 2.05) is 30.5 Å². The third kappa shape index (κ3) is 5.22. The summed E-state index contributed by atoms with van der Waals surface area (Å²) in [7, 11) is 0. The number of amides is 1. The topological polar surface area (TPSA) is 79.7 Å². The molecule has 178 valence electrons. The highest BCUT2D eigenvalue weighted by atomic mass is 16.5. The molecule has 0 aliphatic carbocycles. The fourth-order valence-corrected chi connectivity index (χ4v) is 4.87. The van der Waals surface area contributed by atoms with Crippen molar-refractivity contribution in [1.29, 1.82) is 0 Å². The molecule has 3 aromatic rings. The Morgan fingerprint density at radius 2 is 1.91 bits per heavy atom. The number of hydrogen-bond donors (Lipinski definition) is 1. The second-order valence-corrected chi connectivity index (χ2v) is 9.43. The number of pyridine rings is 1. The maximum Gasteiger partial charge on any atom is 0.303 e. The van der Waals surface area contributed by atoms with E-state index < -0.39 is 12.1 Å². The summed E-state index contributed by atoms with van der Waals surface area (Å²) in [5.74, 6) is 0.0674. The Kier molecular flexibility index (Phi) is 7.15. The van der Waals surface area contributed by atoms with E-state index in [0.29, 0.717) is 24.8 Å². The molecule has 1 N–H and O–H groups in total. The Labute approximate surface area is 200 Å². The molecule has 0 saturated carbocycles. The lowest BCUT2D eigenvalue weighted by atomic mass is 9.91. The number of rotatable bonds is 7. The van der Waals surface area contributed by atoms with Gasteiger partial charge in [-0.2, -0.15) is 0 Å². The normalized spacial score (nSPS) is 17.1. The third-order valence-corrected chi connectivity index (χ3v) is 6.54. The Bertz CT molecular complexity index is 1190. The molecule has 2 aromatic carbocycles. The second kappa shape index (κ2) is 10.2. The number of nitrogens with zero attached hydrogens (tertiary/aromatic N) is 2. The minimum atomic E-state index is -0.817. The first kappa shape index (κ1) is 23.7. The molecular formula is C28H32N2O4. The lowest BCUT2D eigenvalue weighted by molar-refractivity contribution is -0.143. The number of likely N-dealkylation sites (tertiary alicyclic amines) is 1. The molecule has 0 radical (unpaired) electrons. The molecule has 34 heavy (non-hydrogen) atoms. The van der Waals surface area contributed by atoms with Gasteiger partial charge in [-0.1, -0.05) is 38.1 Å². The highest BCUT2D eigenvalue weighted by molar-refractivity contribution is 5.96. The van der Waals surface area contributed by atoms with Gasteiger partial charge in [-0.05, 0) is 66.5 Å². The van der Waals surface area contributed by atoms with Crippen LogP contribution in [0.15, 0.2) is 54.7 Å². The zero-order chi connectivity index (χ0) is 24.2. The van der Waals surface area contributed by atoms with Gasteiger partial charge < -0.3 is 14.7 Å². The van der Waals surface area contributed by atoms with Gasteiger partial charge in [-0.25, -0.2) is 0 Å². The smallest absolute Gasteiger partial charge is 0.303 e. The average molecular weight is 461 g/mol. The number of aliphatic carboxylic acids is 1. The Hall–Kier alpha value is -3.41. The first-order valence-corrected chi connectivity index (χ1v) is 12.0. The third-order valence-electron chi connectivity index (χ3n) is 6.54. The number of hydrogen-bond acceptors (Lipinski definition) is 4. The first-order valence-electron chi connectivity index (χ1n) is 12.0. The van der Waals surface area contributed by atoms with Gasteiger partial charge in [0, 0.05) is 37.2 Å². The molecule has 1 saturated heterocycles. The first-order chi connectivity index (χ1) is 16.3. The maximum absolute atomic E-state index is 13.0. The SMILES string of the molecule is CC(Oc1ccc2c(-c3ccccc3C(C)C)ccnc2c1)C(=O)N1CCC[C@H](CC(=O)O)C1. The minimum Gasteiger partial charge on any atom is -0.481 e. The number of carbonyl (C=O) groups excluding carboxylic acids is 1. The summed E-state index contributed by atoms with van der Waals surface area (Å²) >= 11 is 0. The van der Waals surface area contributed by atoms with Crippen molar-refractivity contribution in [3.8, 4) is 16.9 Å². The summed E-state index contributed by atoms with van der Waals surface area (Å²) in [6.45, 7) is 7.24. The van der Waals surface area contributed by atoms with E-state index in [0.717, 1.165) is 29.3 Å². The van der Waals surface area contributed by atoms with Crippen molar-refractivity contribution >= 4 is 22.8 Å². The predicted molar refractivity (Wildman–Crippen MR) is 133 cm³/mol. The van der Waals surface area contributed by atoms with Crippen LogP contribution in [-0.4, -0.2) is 46.1 Å². The van der Waals surface area contributed by atoms with Crippen LogP contribution < -0.4 is 4.74 Å². The van der Waals surface area contributed by atoms with Crippen LogP contribution in [-0.2, 0) is 9.59 Å². The lowest BCUT2D eigenvalue weighted by Gasteiger charge is -2.33. The van der Waals surface area contributed by atoms with Crippen LogP contribution in [0.4, 0.5) is 0 Å². The number of aromatic nitrogens is 1. The summed E-state index contributed by atoms with van der Waals surface area (Å²) in [4.78, 5) is 30.3. The van der Waals surface area contributed by atoms with Crippen molar-refractivity contribution < 1.29 is 19.4 Å². The van der Waals surface area contributed by atoms with Gasteiger partial charge in [0.25, 0.3) is 5.91 Å². The molecule has 4 rings (SSSR count). The molecule has 1 aliphatic heterocycles. The van der Waals surface area contributed by atoms with E-state index >= 15 is 0 Å². The summed E-state index contributed by atoms with van der Waals surface area (Å²) in [5.41, 5.74) is 4.43. The average Bonchev–Trinajstić information content (AvgIpc) is 2.82. The van der Waals surface area contributed by atoms with Crippen LogP contribution in [0, 0.1) is 5.92 Å². The van der Waals surface area contributed by atoms with Crippen molar-refractivity contribution in [2.24, 2.45) is 5.92 Å². The molecule has 1 aliphatic rings. The van der Waals surface area contributed by atoms with E-state index in [1.165, 1.54) is 11.1 Å². The molecule has 0 spiro atoms. The molecule has 2 heterocycles. The molecule has 1 amide bonds. The molecule has 6 nitrogen and oxygen atoms in total. The van der Waals surface area contributed by atoms with Crippen LogP contribution >= 0.6 is 0 Å². The number of ether oxygens (including phenoxy) is 1. The van der Waals surface area contributed by atoms with Crippen LogP contribution in [0.1, 0.15) is 51.5 Å². The zero-order valence-electron chi connectivity index (χ0n) is 20.0. The highest BCUT2D eigenvalue weighted by Crippen LogP contribution is 2.34. The summed E-state index contributed by atoms with van der Waals surface area (Å²) in [6.07, 6.45) is 2.90. The number of carboxylic acids is 1. The molecule has 1 fully saturated rings. The Balaban J connectivity index is 1.53. The standard InChI is InChI=1S/C28H32N2O4/c1-18(2)22-8-4-5-9-23(22)24-12-13-29-26-16-21(10-11-25(24)26)34-19(3)28(33)30-14-6-7-20(17-30)15-27(31)32/h4-5,8-13,16,18-20H,6-7,14-15,17H2,1-3H3,(H,31,32)/t19?,20-/m1/s1. The molecule has 1 aromatic heterocycles. The fourth-order valence-electron chi connectivity index (χ4n) is 4.87. The quantitative estimate of drug-likeness (QED) is 0.503. The summed E-state index contributed by atoms with van der Waals surface area (Å²) in [5, 5.41) is 10.1. The number of carboxylic acid groups (broad SMARTS) is 1. The van der Waals surface area contributed by atoms with Crippen molar-refractivity contribution in [1.82, 2.24) is 9.88 Å². The van der Waals surface area contributed by atoms with Crippen LogP contribution in [0.5, 0.6) is 5.75 Å². The zero-order valence-corrected chi connectivity index (χ0v) is 20.0. The van der Waals surface area contributed by atoms with Crippen molar-refractivity contribution in [3.63, 3.8) is 0 Å². The van der Waals surface area contributed by atoms with E-state index in [-0.39, 0.29) is 18.2 Å². The molecule has 6 heteroatoms. The lowest BCUT2D eigenvalue weighted by Crippen LogP contribution is -2.46. The predicted octanol–water partition coefficient (Wildman–Crippen LogP) is 5.51. The van der Waals surface area contributed by atoms with Crippen molar-refractivity contribution in [3.05, 3.63) is 60.3 Å². The van der Waals surface area contributed by atoms with Crippen molar-refractivity contribution in [2.45, 2.75) is 52.1 Å². The summed E-state index contributed by atoms with van der Waals surface area (Å²) < 4.78 is 6.01. The number of benzene rings is 2. The number of carbonyl (C=O) groups is 2. The van der Waals surface area contributed by atoms with Gasteiger partial charge >= 0.3 is 5.97 Å². The maximum atomic E-state index is 13.0. The fraction of sp³-hybridized carbons (Fsp3) is 0.393. The highest BCUT2D eigenvalue weighted by Gasteiger charge is 2.29. The largest absolute Gasteiger partial charge is 0.481 e. The molecule has 2 atom stereocenters. The van der Waals surface area contributed by atoms with Crippen LogP contribution in [0.3, 0.4) is 0 Å².